The third-order valence-corrected chi connectivity index (χ3v) is 5.38. The van der Waals surface area contributed by atoms with E-state index in [1.165, 1.54) is 7.11 Å². The van der Waals surface area contributed by atoms with Crippen LogP contribution in [0.25, 0.3) is 0 Å². The molecule has 0 radical (unpaired) electrons. The molecule has 0 aromatic carbocycles. The van der Waals surface area contributed by atoms with Crippen LogP contribution in [0.2, 0.25) is 0 Å². The highest BCUT2D eigenvalue weighted by Gasteiger charge is 2.27. The van der Waals surface area contributed by atoms with Crippen molar-refractivity contribution in [2.45, 2.75) is 26.7 Å². The molecule has 26 heavy (non-hydrogen) atoms. The summed E-state index contributed by atoms with van der Waals surface area (Å²) < 4.78 is 4.88. The Kier molecular flexibility index (Phi) is 8.65. The number of carbonyl (C=O) groups excluding carboxylic acids is 1. The van der Waals surface area contributed by atoms with Crippen molar-refractivity contribution in [1.29, 1.82) is 0 Å². The molecule has 2 heterocycles. The quantitative estimate of drug-likeness (QED) is 0.424. The number of piperazine rings is 1. The van der Waals surface area contributed by atoms with Crippen LogP contribution in [0.3, 0.4) is 0 Å². The van der Waals surface area contributed by atoms with E-state index in [9.17, 15) is 4.79 Å². The molecule has 0 aliphatic carbocycles. The maximum Gasteiger partial charge on any atom is 0.308 e. The van der Waals surface area contributed by atoms with E-state index >= 15 is 0 Å². The van der Waals surface area contributed by atoms with Gasteiger partial charge in [-0.2, -0.15) is 0 Å². The number of methoxy groups -OCH3 is 1. The zero-order chi connectivity index (χ0) is 18.9. The predicted octanol–water partition coefficient (Wildman–Crippen LogP) is 0.720. The molecule has 0 aromatic rings. The van der Waals surface area contributed by atoms with Gasteiger partial charge in [0.05, 0.1) is 13.0 Å². The first-order valence-corrected chi connectivity index (χ1v) is 10.1. The van der Waals surface area contributed by atoms with Crippen molar-refractivity contribution in [1.82, 2.24) is 20.0 Å². The highest BCUT2D eigenvalue weighted by Crippen LogP contribution is 2.18. The zero-order valence-corrected chi connectivity index (χ0v) is 17.0. The van der Waals surface area contributed by atoms with Crippen LogP contribution in [-0.4, -0.2) is 99.7 Å². The number of carbonyl (C=O) groups is 1. The minimum Gasteiger partial charge on any atom is -0.469 e. The molecular weight excluding hydrogens is 330 g/mol. The Morgan fingerprint density at radius 3 is 2.42 bits per heavy atom. The number of piperidine rings is 1. The molecule has 7 heteroatoms. The van der Waals surface area contributed by atoms with E-state index in [1.54, 1.807) is 0 Å². The lowest BCUT2D eigenvalue weighted by Gasteiger charge is -2.34. The number of guanidine groups is 1. The molecule has 1 atom stereocenters. The second kappa shape index (κ2) is 10.7. The summed E-state index contributed by atoms with van der Waals surface area (Å²) in [5, 5.41) is 3.41. The number of likely N-dealkylation sites (N-methyl/N-ethyl adjacent to an activating group) is 1. The summed E-state index contributed by atoms with van der Waals surface area (Å²) in [6.07, 6.45) is 1.68. The highest BCUT2D eigenvalue weighted by molar-refractivity contribution is 5.80. The van der Waals surface area contributed by atoms with E-state index in [1.807, 2.05) is 0 Å². The lowest BCUT2D eigenvalue weighted by atomic mass is 9.97. The highest BCUT2D eigenvalue weighted by atomic mass is 16.5. The molecule has 2 aliphatic rings. The summed E-state index contributed by atoms with van der Waals surface area (Å²) in [6, 6.07) is 0. The molecule has 150 valence electrons. The van der Waals surface area contributed by atoms with Gasteiger partial charge in [0, 0.05) is 58.9 Å². The van der Waals surface area contributed by atoms with E-state index in [2.05, 4.69) is 40.9 Å². The fourth-order valence-electron chi connectivity index (χ4n) is 3.69. The number of aliphatic imine (C=N–C) groups is 1. The summed E-state index contributed by atoms with van der Waals surface area (Å²) in [5.74, 6) is 1.49. The molecule has 0 amide bonds. The lowest BCUT2D eigenvalue weighted by Crippen LogP contribution is -2.47. The van der Waals surface area contributed by atoms with Crippen molar-refractivity contribution in [3.05, 3.63) is 0 Å². The molecule has 0 bridgehead atoms. The van der Waals surface area contributed by atoms with Crippen LogP contribution in [0, 0.1) is 11.8 Å². The molecule has 1 unspecified atom stereocenters. The van der Waals surface area contributed by atoms with Crippen LogP contribution in [0.4, 0.5) is 0 Å². The van der Waals surface area contributed by atoms with Gasteiger partial charge in [0.2, 0.25) is 0 Å². The van der Waals surface area contributed by atoms with Crippen molar-refractivity contribution in [2.24, 2.45) is 16.8 Å². The first-order chi connectivity index (χ1) is 12.5. The van der Waals surface area contributed by atoms with Gasteiger partial charge in [0.25, 0.3) is 0 Å². The Morgan fingerprint density at radius 1 is 1.19 bits per heavy atom. The molecule has 7 nitrogen and oxygen atoms in total. The smallest absolute Gasteiger partial charge is 0.308 e. The summed E-state index contributed by atoms with van der Waals surface area (Å²) in [7, 11) is 3.67. The zero-order valence-electron chi connectivity index (χ0n) is 17.0. The lowest BCUT2D eigenvalue weighted by molar-refractivity contribution is -0.146. The van der Waals surface area contributed by atoms with E-state index in [-0.39, 0.29) is 11.9 Å². The van der Waals surface area contributed by atoms with Gasteiger partial charge in [-0.25, -0.2) is 0 Å². The number of esters is 1. The van der Waals surface area contributed by atoms with Gasteiger partial charge in [0.15, 0.2) is 5.96 Å². The van der Waals surface area contributed by atoms with Crippen molar-refractivity contribution in [2.75, 3.05) is 73.1 Å². The Labute approximate surface area is 158 Å². The van der Waals surface area contributed by atoms with Crippen LogP contribution in [0.5, 0.6) is 0 Å². The summed E-state index contributed by atoms with van der Waals surface area (Å²) in [5.41, 5.74) is 0. The SMILES string of the molecule is CCNC(=NCC(C)CN1CCN(C)CC1)N1CCC(C(=O)OC)CC1. The second-order valence-corrected chi connectivity index (χ2v) is 7.69. The van der Waals surface area contributed by atoms with Crippen LogP contribution < -0.4 is 5.32 Å². The third-order valence-electron chi connectivity index (χ3n) is 5.38. The van der Waals surface area contributed by atoms with Gasteiger partial charge in [-0.15, -0.1) is 0 Å². The van der Waals surface area contributed by atoms with Gasteiger partial charge in [-0.05, 0) is 32.7 Å². The van der Waals surface area contributed by atoms with E-state index in [0.29, 0.717) is 5.92 Å². The molecule has 0 saturated carbocycles. The minimum absolute atomic E-state index is 0.0373. The first-order valence-electron chi connectivity index (χ1n) is 10.1. The third kappa shape index (κ3) is 6.43. The van der Waals surface area contributed by atoms with Crippen LogP contribution in [0.15, 0.2) is 4.99 Å². The molecule has 0 aromatic heterocycles. The van der Waals surface area contributed by atoms with Crippen molar-refractivity contribution >= 4 is 11.9 Å². The number of nitrogens with zero attached hydrogens (tertiary/aromatic N) is 4. The summed E-state index contributed by atoms with van der Waals surface area (Å²) in [6.45, 7) is 13.6. The maximum absolute atomic E-state index is 11.7. The van der Waals surface area contributed by atoms with E-state index in [0.717, 1.165) is 77.7 Å². The molecule has 2 fully saturated rings. The fourth-order valence-corrected chi connectivity index (χ4v) is 3.69. The Balaban J connectivity index is 1.81. The van der Waals surface area contributed by atoms with Crippen molar-refractivity contribution in [3.8, 4) is 0 Å². The molecule has 2 saturated heterocycles. The number of ether oxygens (including phenoxy) is 1. The molecule has 0 spiro atoms. The number of hydrogen-bond donors (Lipinski definition) is 1. The van der Waals surface area contributed by atoms with Crippen LogP contribution >= 0.6 is 0 Å². The summed E-state index contributed by atoms with van der Waals surface area (Å²) in [4.78, 5) is 23.8. The van der Waals surface area contributed by atoms with Gasteiger partial charge in [-0.1, -0.05) is 6.92 Å². The number of likely N-dealkylation sites (tertiary alicyclic amines) is 1. The van der Waals surface area contributed by atoms with Gasteiger partial charge < -0.3 is 24.8 Å². The topological polar surface area (TPSA) is 60.4 Å². The Bertz CT molecular complexity index is 455. The maximum atomic E-state index is 11.7. The molecule has 1 N–H and O–H groups in total. The fraction of sp³-hybridized carbons (Fsp3) is 0.895. The van der Waals surface area contributed by atoms with Gasteiger partial charge in [0.1, 0.15) is 0 Å². The standard InChI is InChI=1S/C19H37N5O2/c1-5-20-19(24-8-6-17(7-9-24)18(25)26-4)21-14-16(2)15-23-12-10-22(3)11-13-23/h16-17H,5-15H2,1-4H3,(H,20,21). The normalized spacial score (nSPS) is 22.3. The first kappa shape index (κ1) is 21.0. The molecular formula is C19H37N5O2. The largest absolute Gasteiger partial charge is 0.469 e. The van der Waals surface area contributed by atoms with Crippen LogP contribution in [-0.2, 0) is 9.53 Å². The van der Waals surface area contributed by atoms with Gasteiger partial charge >= 0.3 is 5.97 Å². The van der Waals surface area contributed by atoms with Crippen molar-refractivity contribution < 1.29 is 9.53 Å². The van der Waals surface area contributed by atoms with E-state index in [4.69, 9.17) is 9.73 Å². The Morgan fingerprint density at radius 2 is 1.85 bits per heavy atom. The summed E-state index contributed by atoms with van der Waals surface area (Å²) >= 11 is 0. The predicted molar refractivity (Wildman–Crippen MR) is 105 cm³/mol. The van der Waals surface area contributed by atoms with Gasteiger partial charge in [-0.3, -0.25) is 9.79 Å². The average molecular weight is 368 g/mol. The van der Waals surface area contributed by atoms with Crippen molar-refractivity contribution in [3.63, 3.8) is 0 Å². The minimum atomic E-state index is -0.0765. The second-order valence-electron chi connectivity index (χ2n) is 7.69. The monoisotopic (exact) mass is 367 g/mol. The van der Waals surface area contributed by atoms with E-state index < -0.39 is 0 Å². The number of rotatable bonds is 6. The number of hydrogen-bond acceptors (Lipinski definition) is 5. The molecule has 2 aliphatic heterocycles. The molecule has 2 rings (SSSR count). The number of nitrogens with one attached hydrogen (secondary N) is 1. The Hall–Kier alpha value is -1.34. The average Bonchev–Trinajstić information content (AvgIpc) is 2.66. The van der Waals surface area contributed by atoms with Crippen LogP contribution in [0.1, 0.15) is 26.7 Å².